The predicted molar refractivity (Wildman–Crippen MR) is 114 cm³/mol. The first-order chi connectivity index (χ1) is 14.6. The van der Waals surface area contributed by atoms with Gasteiger partial charge in [-0.2, -0.15) is 5.10 Å². The number of H-pyrrole nitrogens is 1. The molecule has 0 aliphatic carbocycles. The Hall–Kier alpha value is -2.37. The molecule has 11 heteroatoms. The Kier molecular flexibility index (Phi) is 5.61. The molecule has 4 heterocycles. The van der Waals surface area contributed by atoms with Gasteiger partial charge in [-0.25, -0.2) is 9.86 Å². The molecular formula is C20H27N5O5S. The predicted octanol–water partition coefficient (Wildman–Crippen LogP) is 0.403. The van der Waals surface area contributed by atoms with Gasteiger partial charge in [0, 0.05) is 24.0 Å². The third-order valence-electron chi connectivity index (χ3n) is 5.94. The van der Waals surface area contributed by atoms with Crippen LogP contribution in [0.3, 0.4) is 0 Å². The van der Waals surface area contributed by atoms with Crippen LogP contribution in [0.15, 0.2) is 14.6 Å². The summed E-state index contributed by atoms with van der Waals surface area (Å²) in [6.45, 7) is 7.65. The third kappa shape index (κ3) is 3.54. The Balaban J connectivity index is 1.86. The van der Waals surface area contributed by atoms with Crippen molar-refractivity contribution in [2.24, 2.45) is 7.05 Å². The van der Waals surface area contributed by atoms with Gasteiger partial charge in [-0.15, -0.1) is 11.8 Å². The molecule has 168 valence electrons. The van der Waals surface area contributed by atoms with E-state index in [4.69, 9.17) is 4.84 Å². The highest BCUT2D eigenvalue weighted by molar-refractivity contribution is 8.00. The molecule has 0 spiro atoms. The molecule has 10 nitrogen and oxygen atoms in total. The molecule has 2 aromatic heterocycles. The summed E-state index contributed by atoms with van der Waals surface area (Å²) in [4.78, 5) is 44.9. The first-order valence-electron chi connectivity index (χ1n) is 10.3. The van der Waals surface area contributed by atoms with Crippen LogP contribution in [0.5, 0.6) is 0 Å². The van der Waals surface area contributed by atoms with Crippen molar-refractivity contribution in [3.63, 3.8) is 0 Å². The average Bonchev–Trinajstić information content (AvgIpc) is 3.39. The van der Waals surface area contributed by atoms with Crippen LogP contribution in [-0.4, -0.2) is 59.9 Å². The molecule has 0 radical (unpaired) electrons. The van der Waals surface area contributed by atoms with Crippen molar-refractivity contribution < 1.29 is 14.7 Å². The molecule has 4 rings (SSSR count). The molecule has 0 aromatic carbocycles. The van der Waals surface area contributed by atoms with Crippen LogP contribution in [-0.2, 0) is 23.1 Å². The molecule has 1 fully saturated rings. The number of amides is 1. The van der Waals surface area contributed by atoms with E-state index in [-0.39, 0.29) is 30.4 Å². The number of hydrogen-bond donors (Lipinski definition) is 2. The van der Waals surface area contributed by atoms with Crippen LogP contribution in [0.25, 0.3) is 0 Å². The summed E-state index contributed by atoms with van der Waals surface area (Å²) >= 11 is 1.38. The average molecular weight is 450 g/mol. The number of carbonyl (C=O) groups excluding carboxylic acids is 1. The first kappa shape index (κ1) is 21.8. The highest BCUT2D eigenvalue weighted by atomic mass is 32.2. The summed E-state index contributed by atoms with van der Waals surface area (Å²) in [5.74, 6) is -1.18. The highest BCUT2D eigenvalue weighted by Gasteiger charge is 2.46. The normalized spacial score (nSPS) is 23.1. The third-order valence-corrected chi connectivity index (χ3v) is 7.32. The second-order valence-corrected chi connectivity index (χ2v) is 9.66. The lowest BCUT2D eigenvalue weighted by Gasteiger charge is -2.23. The molecule has 31 heavy (non-hydrogen) atoms. The Morgan fingerprint density at radius 3 is 2.61 bits per heavy atom. The number of aromatic amines is 1. The zero-order valence-corrected chi connectivity index (χ0v) is 19.0. The van der Waals surface area contributed by atoms with Crippen molar-refractivity contribution in [3.8, 4) is 0 Å². The zero-order chi connectivity index (χ0) is 22.6. The lowest BCUT2D eigenvalue weighted by Crippen LogP contribution is -2.44. The van der Waals surface area contributed by atoms with Gasteiger partial charge in [-0.1, -0.05) is 0 Å². The molecule has 2 aromatic rings. The van der Waals surface area contributed by atoms with Crippen LogP contribution in [0.1, 0.15) is 48.3 Å². The molecule has 3 atom stereocenters. The van der Waals surface area contributed by atoms with Crippen molar-refractivity contribution in [3.05, 3.63) is 43.4 Å². The number of aliphatic hydroxyl groups is 1. The second kappa shape index (κ2) is 7.95. The zero-order valence-electron chi connectivity index (χ0n) is 18.2. The maximum absolute atomic E-state index is 13.5. The highest BCUT2D eigenvalue weighted by Crippen LogP contribution is 2.46. The number of rotatable bonds is 4. The van der Waals surface area contributed by atoms with E-state index in [1.165, 1.54) is 18.8 Å². The van der Waals surface area contributed by atoms with E-state index in [0.717, 1.165) is 26.6 Å². The molecule has 2 N–H and O–H groups in total. The van der Waals surface area contributed by atoms with Crippen molar-refractivity contribution in [2.75, 3.05) is 13.2 Å². The van der Waals surface area contributed by atoms with Crippen LogP contribution in [0.2, 0.25) is 0 Å². The number of aromatic nitrogens is 4. The standard InChI is InChI=1S/C20H27N5O5S/c1-9(2)25-19-16(17(27)23(5)20(25)29)15(18(28)24-7-12(26)8-30-24)14(31-19)6-13-10(3)21-22-11(13)4/h9,12,14-15,26H,6-8H2,1-5H3,(H,21,22)/t12-,14?,15?/m0/s1. The van der Waals surface area contributed by atoms with Gasteiger partial charge in [0.2, 0.25) is 0 Å². The lowest BCUT2D eigenvalue weighted by atomic mass is 9.92. The van der Waals surface area contributed by atoms with Crippen LogP contribution in [0, 0.1) is 13.8 Å². The number of hydrogen-bond acceptors (Lipinski definition) is 7. The quantitative estimate of drug-likeness (QED) is 0.648. The fourth-order valence-corrected chi connectivity index (χ4v) is 5.94. The fraction of sp³-hybridized carbons (Fsp3) is 0.600. The van der Waals surface area contributed by atoms with Gasteiger partial charge in [0.05, 0.1) is 34.8 Å². The molecule has 2 aliphatic heterocycles. The van der Waals surface area contributed by atoms with Crippen molar-refractivity contribution in [2.45, 2.75) is 62.5 Å². The number of β-amino-alcohol motifs (C(OH)–C–C–N with tert-alkyl or cyclic N) is 1. The number of thioether (sulfide) groups is 1. The van der Waals surface area contributed by atoms with E-state index in [1.807, 2.05) is 27.7 Å². The summed E-state index contributed by atoms with van der Waals surface area (Å²) < 4.78 is 2.65. The van der Waals surface area contributed by atoms with Gasteiger partial charge in [0.1, 0.15) is 6.61 Å². The summed E-state index contributed by atoms with van der Waals surface area (Å²) in [6.07, 6.45) is -0.266. The molecule has 1 amide bonds. The molecule has 1 saturated heterocycles. The minimum atomic E-state index is -0.803. The number of nitrogens with zero attached hydrogens (tertiary/aromatic N) is 4. The number of nitrogens with one attached hydrogen (secondary N) is 1. The van der Waals surface area contributed by atoms with E-state index in [2.05, 4.69) is 10.2 Å². The number of aliphatic hydroxyl groups excluding tert-OH is 1. The maximum Gasteiger partial charge on any atom is 0.331 e. The fourth-order valence-electron chi connectivity index (χ4n) is 4.28. The Bertz CT molecular complexity index is 1130. The monoisotopic (exact) mass is 449 g/mol. The largest absolute Gasteiger partial charge is 0.389 e. The van der Waals surface area contributed by atoms with Crippen LogP contribution >= 0.6 is 11.8 Å². The van der Waals surface area contributed by atoms with Gasteiger partial charge >= 0.3 is 5.69 Å². The Labute approximate surface area is 183 Å². The van der Waals surface area contributed by atoms with E-state index in [1.54, 1.807) is 4.57 Å². The van der Waals surface area contributed by atoms with Gasteiger partial charge in [-0.3, -0.25) is 28.7 Å². The van der Waals surface area contributed by atoms with Gasteiger partial charge in [-0.05, 0) is 39.7 Å². The Morgan fingerprint density at radius 2 is 2.06 bits per heavy atom. The number of aryl methyl sites for hydroxylation is 2. The minimum absolute atomic E-state index is 0.0343. The van der Waals surface area contributed by atoms with Gasteiger partial charge in [0.15, 0.2) is 0 Å². The van der Waals surface area contributed by atoms with Crippen LogP contribution in [0.4, 0.5) is 0 Å². The topological polar surface area (TPSA) is 122 Å². The minimum Gasteiger partial charge on any atom is -0.389 e. The van der Waals surface area contributed by atoms with E-state index in [0.29, 0.717) is 17.0 Å². The Morgan fingerprint density at radius 1 is 1.35 bits per heavy atom. The number of hydroxylamine groups is 2. The van der Waals surface area contributed by atoms with E-state index in [9.17, 15) is 19.5 Å². The smallest absolute Gasteiger partial charge is 0.331 e. The molecule has 0 bridgehead atoms. The van der Waals surface area contributed by atoms with Crippen molar-refractivity contribution in [1.82, 2.24) is 24.4 Å². The van der Waals surface area contributed by atoms with Gasteiger partial charge < -0.3 is 5.11 Å². The maximum atomic E-state index is 13.5. The van der Waals surface area contributed by atoms with Crippen molar-refractivity contribution >= 4 is 17.7 Å². The molecule has 2 unspecified atom stereocenters. The number of fused-ring (bicyclic) bond motifs is 1. The van der Waals surface area contributed by atoms with Gasteiger partial charge in [0.25, 0.3) is 11.5 Å². The molecular weight excluding hydrogens is 422 g/mol. The summed E-state index contributed by atoms with van der Waals surface area (Å²) in [5, 5.41) is 18.4. The number of carbonyl (C=O) groups is 1. The van der Waals surface area contributed by atoms with Crippen molar-refractivity contribution in [1.29, 1.82) is 0 Å². The summed E-state index contributed by atoms with van der Waals surface area (Å²) in [5.41, 5.74) is 2.18. The van der Waals surface area contributed by atoms with E-state index < -0.39 is 23.3 Å². The molecule has 0 saturated carbocycles. The lowest BCUT2D eigenvalue weighted by molar-refractivity contribution is -0.170. The SMILES string of the molecule is Cc1n[nH]c(C)c1CC1Sc2c(c(=O)n(C)c(=O)n2C(C)C)C1C(=O)N1C[C@H](O)CO1. The van der Waals surface area contributed by atoms with Crippen LogP contribution < -0.4 is 11.2 Å². The second-order valence-electron chi connectivity index (χ2n) is 8.43. The summed E-state index contributed by atoms with van der Waals surface area (Å²) in [7, 11) is 1.43. The molecule has 2 aliphatic rings. The summed E-state index contributed by atoms with van der Waals surface area (Å²) in [6, 6.07) is -0.183. The first-order valence-corrected chi connectivity index (χ1v) is 11.1. The van der Waals surface area contributed by atoms with E-state index >= 15 is 0 Å².